The lowest BCUT2D eigenvalue weighted by atomic mass is 10.1. The van der Waals surface area contributed by atoms with Gasteiger partial charge in [0.25, 0.3) is 0 Å². The molecule has 31 heavy (non-hydrogen) atoms. The molecule has 0 aliphatic carbocycles. The van der Waals surface area contributed by atoms with Crippen LogP contribution in [0.5, 0.6) is 0 Å². The van der Waals surface area contributed by atoms with E-state index in [1.165, 1.54) is 0 Å². The summed E-state index contributed by atoms with van der Waals surface area (Å²) in [6, 6.07) is 10.8. The van der Waals surface area contributed by atoms with E-state index in [1.54, 1.807) is 18.3 Å². The van der Waals surface area contributed by atoms with E-state index < -0.39 is 5.97 Å². The zero-order valence-corrected chi connectivity index (χ0v) is 17.2. The second-order valence-electron chi connectivity index (χ2n) is 7.97. The molecule has 1 fully saturated rings. The van der Waals surface area contributed by atoms with Crippen LogP contribution in [0.3, 0.4) is 0 Å². The van der Waals surface area contributed by atoms with E-state index in [0.29, 0.717) is 16.8 Å². The van der Waals surface area contributed by atoms with Gasteiger partial charge in [0.2, 0.25) is 11.7 Å². The average Bonchev–Trinajstić information content (AvgIpc) is 3.44. The third-order valence-electron chi connectivity index (χ3n) is 6.17. The Morgan fingerprint density at radius 3 is 2.94 bits per heavy atom. The first kappa shape index (κ1) is 19.4. The molecule has 7 heteroatoms. The van der Waals surface area contributed by atoms with Gasteiger partial charge in [0.15, 0.2) is 6.61 Å². The smallest absolute Gasteiger partial charge is 0.338 e. The predicted molar refractivity (Wildman–Crippen MR) is 118 cm³/mol. The highest BCUT2D eigenvalue weighted by Gasteiger charge is 2.36. The minimum atomic E-state index is -0.594. The molecule has 2 N–H and O–H groups in total. The normalized spacial score (nSPS) is 17.3. The minimum absolute atomic E-state index is 0.0449. The second-order valence-corrected chi connectivity index (χ2v) is 7.97. The van der Waals surface area contributed by atoms with Crippen LogP contribution in [-0.4, -0.2) is 41.8 Å². The van der Waals surface area contributed by atoms with Gasteiger partial charge in [-0.05, 0) is 43.0 Å². The molecule has 3 aromatic rings. The summed E-state index contributed by atoms with van der Waals surface area (Å²) >= 11 is 0. The van der Waals surface area contributed by atoms with Gasteiger partial charge >= 0.3 is 5.97 Å². The molecule has 0 spiro atoms. The van der Waals surface area contributed by atoms with Crippen molar-refractivity contribution in [2.45, 2.75) is 32.2 Å². The molecule has 5 rings (SSSR count). The Morgan fingerprint density at radius 2 is 2.10 bits per heavy atom. The van der Waals surface area contributed by atoms with Crippen molar-refractivity contribution in [2.24, 2.45) is 0 Å². The van der Waals surface area contributed by atoms with E-state index in [1.807, 2.05) is 24.3 Å². The van der Waals surface area contributed by atoms with Crippen LogP contribution in [-0.2, 0) is 16.0 Å². The molecule has 2 aliphatic heterocycles. The highest BCUT2D eigenvalue weighted by atomic mass is 16.5. The highest BCUT2D eigenvalue weighted by Crippen LogP contribution is 2.37. The fourth-order valence-corrected chi connectivity index (χ4v) is 4.59. The molecule has 0 radical (unpaired) electrons. The number of hydrogen-bond donors (Lipinski definition) is 2. The van der Waals surface area contributed by atoms with Crippen LogP contribution in [0.2, 0.25) is 0 Å². The van der Waals surface area contributed by atoms with E-state index in [2.05, 4.69) is 22.1 Å². The van der Waals surface area contributed by atoms with Gasteiger partial charge in [-0.2, -0.15) is 0 Å². The molecular formula is C24H23N3O4. The summed E-state index contributed by atoms with van der Waals surface area (Å²) < 4.78 is 5.29. The molecular weight excluding hydrogens is 394 g/mol. The first-order chi connectivity index (χ1) is 15.1. The minimum Gasteiger partial charge on any atom is -0.454 e. The summed E-state index contributed by atoms with van der Waals surface area (Å²) in [6.45, 7) is 2.54. The molecule has 7 nitrogen and oxygen atoms in total. The van der Waals surface area contributed by atoms with Gasteiger partial charge in [-0.3, -0.25) is 9.59 Å². The Labute approximate surface area is 179 Å². The van der Waals surface area contributed by atoms with E-state index in [4.69, 9.17) is 4.74 Å². The highest BCUT2D eigenvalue weighted by molar-refractivity contribution is 6.10. The number of nitrogens with one attached hydrogen (secondary N) is 2. The van der Waals surface area contributed by atoms with Gasteiger partial charge in [0.1, 0.15) is 6.04 Å². The van der Waals surface area contributed by atoms with Gasteiger partial charge in [-0.15, -0.1) is 0 Å². The number of hydrogen-bond acceptors (Lipinski definition) is 5. The number of aromatic amines is 1. The Bertz CT molecular complexity index is 1210. The predicted octanol–water partition coefficient (Wildman–Crippen LogP) is 3.69. The summed E-state index contributed by atoms with van der Waals surface area (Å²) in [5.41, 5.74) is 4.40. The lowest BCUT2D eigenvalue weighted by Crippen LogP contribution is -2.43. The molecule has 3 heterocycles. The summed E-state index contributed by atoms with van der Waals surface area (Å²) in [5.74, 6) is -0.904. The largest absolute Gasteiger partial charge is 0.454 e. The van der Waals surface area contributed by atoms with E-state index >= 15 is 0 Å². The van der Waals surface area contributed by atoms with Crippen molar-refractivity contribution in [3.63, 3.8) is 0 Å². The van der Waals surface area contributed by atoms with E-state index in [9.17, 15) is 14.4 Å². The number of aryl methyl sites for hydroxylation is 1. The quantitative estimate of drug-likeness (QED) is 0.488. The molecule has 0 unspecified atom stereocenters. The molecule has 2 aromatic carbocycles. The lowest BCUT2D eigenvalue weighted by Gasteiger charge is -2.33. The van der Waals surface area contributed by atoms with Crippen LogP contribution >= 0.6 is 0 Å². The van der Waals surface area contributed by atoms with Gasteiger partial charge in [-0.1, -0.05) is 25.1 Å². The standard InChI is InChI=1S/C24H23N3O4/c1-2-14-5-3-6-16-17(12-25-22(14)16)21(28)13-31-24(30)15-8-9-19-18(11-15)26-23(29)20-7-4-10-27(19)20/h3,5-6,8-9,11-12,20,25H,2,4,7,10,13H2,1H3,(H,26,29)/t20-/m1/s1. The summed E-state index contributed by atoms with van der Waals surface area (Å²) in [4.78, 5) is 42.8. The molecule has 1 atom stereocenters. The van der Waals surface area contributed by atoms with Crippen molar-refractivity contribution in [1.29, 1.82) is 0 Å². The maximum atomic E-state index is 12.7. The topological polar surface area (TPSA) is 91.5 Å². The molecule has 1 saturated heterocycles. The maximum absolute atomic E-state index is 12.7. The number of carbonyl (C=O) groups excluding carboxylic acids is 3. The third-order valence-corrected chi connectivity index (χ3v) is 6.17. The van der Waals surface area contributed by atoms with Crippen LogP contribution in [0.4, 0.5) is 11.4 Å². The number of amides is 1. The van der Waals surface area contributed by atoms with Crippen LogP contribution in [0.1, 0.15) is 46.0 Å². The van der Waals surface area contributed by atoms with Gasteiger partial charge in [0, 0.05) is 29.2 Å². The summed E-state index contributed by atoms with van der Waals surface area (Å²) in [5, 5.41) is 3.72. The number of anilines is 2. The zero-order chi connectivity index (χ0) is 21.5. The Kier molecular flexibility index (Phi) is 4.73. The van der Waals surface area contributed by atoms with Crippen molar-refractivity contribution in [2.75, 3.05) is 23.4 Å². The van der Waals surface area contributed by atoms with Crippen molar-refractivity contribution < 1.29 is 19.1 Å². The Hall–Kier alpha value is -3.61. The first-order valence-corrected chi connectivity index (χ1v) is 10.6. The molecule has 158 valence electrons. The van der Waals surface area contributed by atoms with Gasteiger partial charge in [0.05, 0.1) is 16.9 Å². The Morgan fingerprint density at radius 1 is 1.23 bits per heavy atom. The number of Topliss-reactive ketones (excluding diaryl/α,β-unsaturated/α-hetero) is 1. The average molecular weight is 417 g/mol. The van der Waals surface area contributed by atoms with Crippen LogP contribution < -0.4 is 10.2 Å². The molecule has 0 bridgehead atoms. The molecule has 1 amide bonds. The summed E-state index contributed by atoms with van der Waals surface area (Å²) in [6.07, 6.45) is 4.33. The van der Waals surface area contributed by atoms with Crippen molar-refractivity contribution >= 4 is 39.9 Å². The van der Waals surface area contributed by atoms with Gasteiger partial charge < -0.3 is 19.9 Å². The van der Waals surface area contributed by atoms with Crippen LogP contribution in [0, 0.1) is 0 Å². The zero-order valence-electron chi connectivity index (χ0n) is 17.2. The number of para-hydroxylation sites is 1. The van der Waals surface area contributed by atoms with E-state index in [-0.39, 0.29) is 24.3 Å². The molecule has 1 aromatic heterocycles. The second kappa shape index (κ2) is 7.58. The number of carbonyl (C=O) groups is 3. The Balaban J connectivity index is 1.31. The summed E-state index contributed by atoms with van der Waals surface area (Å²) in [7, 11) is 0. The number of H-pyrrole nitrogens is 1. The third kappa shape index (κ3) is 3.26. The maximum Gasteiger partial charge on any atom is 0.338 e. The fourth-order valence-electron chi connectivity index (χ4n) is 4.59. The lowest BCUT2D eigenvalue weighted by molar-refractivity contribution is -0.117. The SMILES string of the molecule is CCc1cccc2c(C(=O)COC(=O)c3ccc4c(c3)NC(=O)[C@H]3CCCN43)c[nH]c12. The van der Waals surface area contributed by atoms with Crippen molar-refractivity contribution in [1.82, 2.24) is 4.98 Å². The van der Waals surface area contributed by atoms with Gasteiger partial charge in [-0.25, -0.2) is 4.79 Å². The van der Waals surface area contributed by atoms with Crippen LogP contribution in [0.15, 0.2) is 42.6 Å². The number of aromatic nitrogens is 1. The number of ketones is 1. The molecule has 0 saturated carbocycles. The fraction of sp³-hybridized carbons (Fsp3) is 0.292. The number of fused-ring (bicyclic) bond motifs is 4. The van der Waals surface area contributed by atoms with Crippen LogP contribution in [0.25, 0.3) is 10.9 Å². The van der Waals surface area contributed by atoms with Crippen molar-refractivity contribution in [3.8, 4) is 0 Å². The number of ether oxygens (including phenoxy) is 1. The first-order valence-electron chi connectivity index (χ1n) is 10.6. The monoisotopic (exact) mass is 417 g/mol. The van der Waals surface area contributed by atoms with E-state index in [0.717, 1.165) is 48.0 Å². The molecule has 2 aliphatic rings. The van der Waals surface area contributed by atoms with Crippen molar-refractivity contribution in [3.05, 3.63) is 59.3 Å². The number of nitrogens with zero attached hydrogens (tertiary/aromatic N) is 1. The number of benzene rings is 2. The number of esters is 1. The number of rotatable bonds is 5.